The Morgan fingerprint density at radius 3 is 2.69 bits per heavy atom. The summed E-state index contributed by atoms with van der Waals surface area (Å²) < 4.78 is 5.36. The molecule has 0 aliphatic heterocycles. The SMILES string of the molecule is COC(C)(C)CCNC(=O)Nc1cnc(C)c(C/C=C(\C=N)c2ccnc(NC(=O)C3CC3)c2)c1. The lowest BCUT2D eigenvalue weighted by molar-refractivity contribution is -0.117. The molecule has 0 saturated heterocycles. The molecule has 3 rings (SSSR count). The van der Waals surface area contributed by atoms with Crippen molar-refractivity contribution >= 4 is 35.2 Å². The first kappa shape index (κ1) is 26.0. The van der Waals surface area contributed by atoms with Gasteiger partial charge in [-0.2, -0.15) is 0 Å². The largest absolute Gasteiger partial charge is 0.379 e. The minimum absolute atomic E-state index is 0.00695. The second-order valence-electron chi connectivity index (χ2n) is 9.26. The molecule has 9 nitrogen and oxygen atoms in total. The van der Waals surface area contributed by atoms with E-state index in [1.54, 1.807) is 25.6 Å². The van der Waals surface area contributed by atoms with Crippen LogP contribution in [0.2, 0.25) is 0 Å². The minimum atomic E-state index is -0.304. The average Bonchev–Trinajstić information content (AvgIpc) is 3.67. The highest BCUT2D eigenvalue weighted by Crippen LogP contribution is 2.30. The molecule has 2 heterocycles. The number of amides is 3. The summed E-state index contributed by atoms with van der Waals surface area (Å²) in [7, 11) is 1.65. The Hall–Kier alpha value is -3.59. The lowest BCUT2D eigenvalue weighted by Gasteiger charge is -2.22. The summed E-state index contributed by atoms with van der Waals surface area (Å²) >= 11 is 0. The Kier molecular flexibility index (Phi) is 8.70. The molecule has 0 radical (unpaired) electrons. The maximum Gasteiger partial charge on any atom is 0.319 e. The second kappa shape index (κ2) is 11.7. The second-order valence-corrected chi connectivity index (χ2v) is 9.26. The van der Waals surface area contributed by atoms with Gasteiger partial charge in [-0.15, -0.1) is 0 Å². The molecule has 0 aromatic carbocycles. The van der Waals surface area contributed by atoms with Crippen molar-refractivity contribution in [1.82, 2.24) is 15.3 Å². The van der Waals surface area contributed by atoms with E-state index in [0.29, 0.717) is 36.5 Å². The van der Waals surface area contributed by atoms with Crippen LogP contribution < -0.4 is 16.0 Å². The van der Waals surface area contributed by atoms with E-state index in [4.69, 9.17) is 10.1 Å². The number of carbonyl (C=O) groups excluding carboxylic acids is 2. The van der Waals surface area contributed by atoms with Gasteiger partial charge in [0, 0.05) is 37.7 Å². The molecular weight excluding hydrogens is 444 g/mol. The highest BCUT2D eigenvalue weighted by atomic mass is 16.5. The number of pyridine rings is 2. The van der Waals surface area contributed by atoms with Gasteiger partial charge in [0.25, 0.3) is 0 Å². The van der Waals surface area contributed by atoms with Crippen LogP contribution in [0.4, 0.5) is 16.3 Å². The Morgan fingerprint density at radius 2 is 2.00 bits per heavy atom. The molecule has 2 aromatic heterocycles. The van der Waals surface area contributed by atoms with Crippen LogP contribution in [-0.4, -0.2) is 47.4 Å². The molecule has 1 aliphatic rings. The van der Waals surface area contributed by atoms with Crippen LogP contribution in [0.25, 0.3) is 5.57 Å². The molecule has 0 unspecified atom stereocenters. The summed E-state index contributed by atoms with van der Waals surface area (Å²) in [5.74, 6) is 0.567. The number of anilines is 2. The lowest BCUT2D eigenvalue weighted by Crippen LogP contribution is -2.34. The molecule has 0 bridgehead atoms. The van der Waals surface area contributed by atoms with Crippen LogP contribution in [0.3, 0.4) is 0 Å². The van der Waals surface area contributed by atoms with Crippen LogP contribution in [0.15, 0.2) is 36.7 Å². The molecule has 4 N–H and O–H groups in total. The first-order valence-electron chi connectivity index (χ1n) is 11.7. The predicted octanol–water partition coefficient (Wildman–Crippen LogP) is 4.35. The van der Waals surface area contributed by atoms with E-state index >= 15 is 0 Å². The van der Waals surface area contributed by atoms with Crippen LogP contribution in [0, 0.1) is 18.3 Å². The van der Waals surface area contributed by atoms with Gasteiger partial charge in [0.2, 0.25) is 5.91 Å². The summed E-state index contributed by atoms with van der Waals surface area (Å²) in [6.07, 6.45) is 9.51. The molecule has 9 heteroatoms. The van der Waals surface area contributed by atoms with E-state index in [0.717, 1.165) is 29.7 Å². The van der Waals surface area contributed by atoms with Gasteiger partial charge < -0.3 is 26.1 Å². The van der Waals surface area contributed by atoms with E-state index in [9.17, 15) is 9.59 Å². The highest BCUT2D eigenvalue weighted by molar-refractivity contribution is 6.08. The first-order valence-corrected chi connectivity index (χ1v) is 11.7. The number of hydrogen-bond donors (Lipinski definition) is 4. The van der Waals surface area contributed by atoms with Crippen LogP contribution in [0.5, 0.6) is 0 Å². The van der Waals surface area contributed by atoms with E-state index in [1.165, 1.54) is 6.21 Å². The van der Waals surface area contributed by atoms with Crippen molar-refractivity contribution in [3.63, 3.8) is 0 Å². The van der Waals surface area contributed by atoms with E-state index in [1.807, 2.05) is 39.0 Å². The van der Waals surface area contributed by atoms with Gasteiger partial charge in [-0.25, -0.2) is 9.78 Å². The molecule has 186 valence electrons. The number of allylic oxidation sites excluding steroid dienone is 2. The Balaban J connectivity index is 1.64. The topological polar surface area (TPSA) is 129 Å². The number of ether oxygens (including phenoxy) is 1. The number of aromatic nitrogens is 2. The molecule has 1 saturated carbocycles. The van der Waals surface area contributed by atoms with Gasteiger partial charge >= 0.3 is 6.03 Å². The van der Waals surface area contributed by atoms with Crippen molar-refractivity contribution in [2.45, 2.75) is 52.1 Å². The molecule has 0 spiro atoms. The average molecular weight is 479 g/mol. The van der Waals surface area contributed by atoms with E-state index in [-0.39, 0.29) is 23.5 Å². The summed E-state index contributed by atoms with van der Waals surface area (Å²) in [6.45, 7) is 6.33. The summed E-state index contributed by atoms with van der Waals surface area (Å²) in [5.41, 5.74) is 3.55. The monoisotopic (exact) mass is 478 g/mol. The van der Waals surface area contributed by atoms with Crippen molar-refractivity contribution in [1.29, 1.82) is 5.41 Å². The number of rotatable bonds is 11. The quantitative estimate of drug-likeness (QED) is 0.357. The van der Waals surface area contributed by atoms with Crippen LogP contribution in [0.1, 0.15) is 49.9 Å². The van der Waals surface area contributed by atoms with Crippen molar-refractivity contribution in [3.8, 4) is 0 Å². The molecule has 2 aromatic rings. The number of carbonyl (C=O) groups is 2. The highest BCUT2D eigenvalue weighted by Gasteiger charge is 2.29. The van der Waals surface area contributed by atoms with E-state index in [2.05, 4.69) is 25.9 Å². The molecule has 35 heavy (non-hydrogen) atoms. The Bertz CT molecular complexity index is 1110. The third kappa shape index (κ3) is 7.99. The van der Waals surface area contributed by atoms with Gasteiger partial charge in [0.1, 0.15) is 5.82 Å². The summed E-state index contributed by atoms with van der Waals surface area (Å²) in [5, 5.41) is 16.4. The fourth-order valence-corrected chi connectivity index (χ4v) is 3.34. The summed E-state index contributed by atoms with van der Waals surface area (Å²) in [4.78, 5) is 32.9. The van der Waals surface area contributed by atoms with Gasteiger partial charge in [-0.05, 0) is 81.4 Å². The third-order valence-electron chi connectivity index (χ3n) is 6.00. The van der Waals surface area contributed by atoms with Crippen molar-refractivity contribution in [3.05, 3.63) is 53.5 Å². The lowest BCUT2D eigenvalue weighted by atomic mass is 10.0. The zero-order valence-electron chi connectivity index (χ0n) is 20.8. The summed E-state index contributed by atoms with van der Waals surface area (Å²) in [6, 6.07) is 5.16. The molecule has 0 atom stereocenters. The van der Waals surface area contributed by atoms with Crippen LogP contribution in [-0.2, 0) is 16.0 Å². The maximum atomic E-state index is 12.3. The Morgan fingerprint density at radius 1 is 1.23 bits per heavy atom. The van der Waals surface area contributed by atoms with Crippen molar-refractivity contribution in [2.24, 2.45) is 5.92 Å². The molecular formula is C26H34N6O3. The van der Waals surface area contributed by atoms with Crippen molar-refractivity contribution in [2.75, 3.05) is 24.3 Å². The minimum Gasteiger partial charge on any atom is -0.379 e. The molecule has 1 aliphatic carbocycles. The number of aryl methyl sites for hydroxylation is 1. The normalized spacial score (nSPS) is 13.8. The van der Waals surface area contributed by atoms with Gasteiger partial charge in [0.05, 0.1) is 17.5 Å². The first-order chi connectivity index (χ1) is 16.7. The van der Waals surface area contributed by atoms with E-state index < -0.39 is 0 Å². The number of nitrogens with one attached hydrogen (secondary N) is 4. The third-order valence-corrected chi connectivity index (χ3v) is 6.00. The molecule has 1 fully saturated rings. The number of hydrogen-bond acceptors (Lipinski definition) is 6. The number of methoxy groups -OCH3 is 1. The number of urea groups is 1. The number of nitrogens with zero attached hydrogens (tertiary/aromatic N) is 2. The smallest absolute Gasteiger partial charge is 0.319 e. The zero-order chi connectivity index (χ0) is 25.4. The predicted molar refractivity (Wildman–Crippen MR) is 138 cm³/mol. The van der Waals surface area contributed by atoms with Gasteiger partial charge in [-0.3, -0.25) is 9.78 Å². The fourth-order valence-electron chi connectivity index (χ4n) is 3.34. The fraction of sp³-hybridized carbons (Fsp3) is 0.423. The van der Waals surface area contributed by atoms with Crippen molar-refractivity contribution < 1.29 is 14.3 Å². The molecule has 3 amide bonds. The standard InChI is InChI=1S/C26H34N6O3/c1-17-19(13-22(16-30-17)31-25(34)29-12-10-26(2,3)35-4)7-8-21(15-27)20-9-11-28-23(14-20)32-24(33)18-5-6-18/h8-9,11,13-16,18,27H,5-7,10,12H2,1-4H3,(H,28,32,33)(H2,29,31,34)/b21-8+,27-15?. The van der Waals surface area contributed by atoms with Crippen LogP contribution >= 0.6 is 0 Å². The zero-order valence-corrected chi connectivity index (χ0v) is 20.8. The Labute approximate surface area is 206 Å². The maximum absolute atomic E-state index is 12.3. The van der Waals surface area contributed by atoms with Gasteiger partial charge in [-0.1, -0.05) is 6.08 Å². The van der Waals surface area contributed by atoms with Gasteiger partial charge in [0.15, 0.2) is 0 Å².